The first-order chi connectivity index (χ1) is 12.9. The summed E-state index contributed by atoms with van der Waals surface area (Å²) >= 11 is 5.62. The van der Waals surface area contributed by atoms with Gasteiger partial charge in [0.2, 0.25) is 0 Å². The molecule has 1 N–H and O–H groups in total. The van der Waals surface area contributed by atoms with Gasteiger partial charge in [-0.1, -0.05) is 18.2 Å². The first-order valence-corrected chi connectivity index (χ1v) is 11.2. The Morgan fingerprint density at radius 3 is 2.32 bits per heavy atom. The highest BCUT2D eigenvalue weighted by Crippen LogP contribution is 2.39. The van der Waals surface area contributed by atoms with Crippen molar-refractivity contribution in [3.8, 4) is 0 Å². The number of sulfonamides is 1. The number of nitrogens with zero attached hydrogens (tertiary/aromatic N) is 2. The van der Waals surface area contributed by atoms with Crippen molar-refractivity contribution >= 4 is 39.7 Å². The van der Waals surface area contributed by atoms with Crippen molar-refractivity contribution in [2.24, 2.45) is 0 Å². The van der Waals surface area contributed by atoms with Gasteiger partial charge in [-0.2, -0.15) is 30.1 Å². The summed E-state index contributed by atoms with van der Waals surface area (Å²) in [4.78, 5) is 1.82. The number of hydrogen-bond donors (Lipinski definition) is 2. The Hall–Kier alpha value is -1.27. The molecular weight excluding hydrogens is 433 g/mol. The number of rotatable bonds is 4. The molecule has 0 aliphatic carbocycles. The van der Waals surface area contributed by atoms with Crippen molar-refractivity contribution in [1.29, 1.82) is 0 Å². The van der Waals surface area contributed by atoms with Crippen LogP contribution in [0.25, 0.3) is 0 Å². The van der Waals surface area contributed by atoms with E-state index >= 15 is 0 Å². The van der Waals surface area contributed by atoms with Gasteiger partial charge >= 0.3 is 6.18 Å². The van der Waals surface area contributed by atoms with Gasteiger partial charge < -0.3 is 10.0 Å². The van der Waals surface area contributed by atoms with Gasteiger partial charge in [0.1, 0.15) is 4.21 Å². The quantitative estimate of drug-likeness (QED) is 0.699. The van der Waals surface area contributed by atoms with Crippen LogP contribution in [0.4, 0.5) is 18.9 Å². The van der Waals surface area contributed by atoms with Crippen molar-refractivity contribution in [2.45, 2.75) is 28.3 Å². The number of benzene rings is 1. The van der Waals surface area contributed by atoms with Gasteiger partial charge in [0, 0.05) is 25.3 Å². The van der Waals surface area contributed by atoms with Crippen LogP contribution in [0, 0.1) is 0 Å². The van der Waals surface area contributed by atoms with E-state index in [2.05, 4.69) is 12.6 Å². The number of aliphatic hydroxyl groups is 1. The Balaban J connectivity index is 1.75. The summed E-state index contributed by atoms with van der Waals surface area (Å²) in [5.41, 5.74) is -2.60. The van der Waals surface area contributed by atoms with Crippen LogP contribution in [0.15, 0.2) is 46.0 Å². The van der Waals surface area contributed by atoms with Crippen LogP contribution in [0.5, 0.6) is 0 Å². The van der Waals surface area contributed by atoms with Crippen molar-refractivity contribution in [2.75, 3.05) is 24.5 Å². The second-order valence-electron chi connectivity index (χ2n) is 6.59. The average Bonchev–Trinajstić information content (AvgIpc) is 3.16. The summed E-state index contributed by atoms with van der Waals surface area (Å²) in [6.07, 6.45) is -4.79. The molecule has 5 nitrogen and oxygen atoms in total. The summed E-state index contributed by atoms with van der Waals surface area (Å²) < 4.78 is 65.8. The maximum Gasteiger partial charge on any atom is 0.421 e. The molecule has 2 heterocycles. The van der Waals surface area contributed by atoms with Crippen LogP contribution in [-0.4, -0.2) is 49.0 Å². The Morgan fingerprint density at radius 2 is 1.82 bits per heavy atom. The largest absolute Gasteiger partial charge is 0.421 e. The van der Waals surface area contributed by atoms with Crippen LogP contribution < -0.4 is 4.90 Å². The van der Waals surface area contributed by atoms with Crippen molar-refractivity contribution in [3.63, 3.8) is 0 Å². The minimum Gasteiger partial charge on any atom is -0.376 e. The van der Waals surface area contributed by atoms with E-state index in [0.29, 0.717) is 19.2 Å². The van der Waals surface area contributed by atoms with Crippen molar-refractivity contribution in [3.05, 3.63) is 47.3 Å². The predicted molar refractivity (Wildman–Crippen MR) is 105 cm³/mol. The lowest BCUT2D eigenvalue weighted by molar-refractivity contribution is -0.258. The van der Waals surface area contributed by atoms with Gasteiger partial charge in [-0.25, -0.2) is 8.42 Å². The SMILES string of the molecule is C[C@@](O)(c1ccc(N2CCN(S(=O)(=O)c3cccs3)C[C@@H]2S)cc1)C(F)(F)F. The van der Waals surface area contributed by atoms with Gasteiger partial charge in [0.25, 0.3) is 10.0 Å². The summed E-state index contributed by atoms with van der Waals surface area (Å²) in [6.45, 7) is 1.43. The lowest BCUT2D eigenvalue weighted by Gasteiger charge is -2.40. The molecule has 2 aromatic rings. The van der Waals surface area contributed by atoms with Crippen molar-refractivity contribution < 1.29 is 26.7 Å². The molecule has 1 fully saturated rings. The number of alkyl halides is 3. The molecule has 1 aromatic heterocycles. The lowest BCUT2D eigenvalue weighted by Crippen LogP contribution is -2.52. The van der Waals surface area contributed by atoms with E-state index in [4.69, 9.17) is 0 Å². The molecule has 1 aliphatic heterocycles. The first kappa shape index (κ1) is 21.4. The Morgan fingerprint density at radius 1 is 1.18 bits per heavy atom. The van der Waals surface area contributed by atoms with E-state index in [9.17, 15) is 26.7 Å². The molecule has 0 spiro atoms. The number of piperazine rings is 1. The highest BCUT2D eigenvalue weighted by Gasteiger charge is 2.51. The third-order valence-corrected chi connectivity index (χ3v) is 8.40. The second kappa shape index (κ2) is 7.52. The molecule has 154 valence electrons. The number of thiol groups is 1. The average molecular weight is 453 g/mol. The monoisotopic (exact) mass is 452 g/mol. The fourth-order valence-corrected chi connectivity index (χ4v) is 6.08. The number of thiophene rings is 1. The van der Waals surface area contributed by atoms with Crippen LogP contribution in [0.1, 0.15) is 12.5 Å². The van der Waals surface area contributed by atoms with E-state index in [1.54, 1.807) is 17.5 Å². The standard InChI is InChI=1S/C17H19F3N2O3S3/c1-16(23,17(18,19)20)12-4-6-13(7-5-12)22-9-8-21(11-14(22)26)28(24,25)15-3-2-10-27-15/h2-7,10,14,23,26H,8-9,11H2,1H3/t14-,16+/m0/s1. The summed E-state index contributed by atoms with van der Waals surface area (Å²) in [7, 11) is -3.58. The zero-order valence-electron chi connectivity index (χ0n) is 14.8. The van der Waals surface area contributed by atoms with E-state index in [1.165, 1.54) is 28.6 Å². The fourth-order valence-electron chi connectivity index (χ4n) is 2.94. The van der Waals surface area contributed by atoms with Crippen LogP contribution in [0.3, 0.4) is 0 Å². The zero-order chi connectivity index (χ0) is 20.7. The Kier molecular flexibility index (Phi) is 5.76. The van der Waals surface area contributed by atoms with Crippen LogP contribution in [-0.2, 0) is 15.6 Å². The molecule has 0 radical (unpaired) electrons. The third kappa shape index (κ3) is 3.90. The predicted octanol–water partition coefficient (Wildman–Crippen LogP) is 3.28. The fraction of sp³-hybridized carbons (Fsp3) is 0.412. The minimum absolute atomic E-state index is 0.144. The first-order valence-electron chi connectivity index (χ1n) is 8.32. The van der Waals surface area contributed by atoms with Gasteiger partial charge in [0.05, 0.1) is 5.37 Å². The van der Waals surface area contributed by atoms with Gasteiger partial charge in [-0.15, -0.1) is 11.3 Å². The molecule has 0 unspecified atom stereocenters. The molecule has 2 atom stereocenters. The highest BCUT2D eigenvalue weighted by atomic mass is 32.2. The van der Waals surface area contributed by atoms with Crippen molar-refractivity contribution in [1.82, 2.24) is 4.31 Å². The Labute approximate surface area is 170 Å². The summed E-state index contributed by atoms with van der Waals surface area (Å²) in [5, 5.41) is 11.0. The Bertz CT molecular complexity index is 913. The smallest absolute Gasteiger partial charge is 0.376 e. The van der Waals surface area contributed by atoms with Crippen LogP contribution in [0.2, 0.25) is 0 Å². The topological polar surface area (TPSA) is 60.9 Å². The van der Waals surface area contributed by atoms with Crippen LogP contribution >= 0.6 is 24.0 Å². The number of hydrogen-bond acceptors (Lipinski definition) is 6. The number of anilines is 1. The highest BCUT2D eigenvalue weighted by molar-refractivity contribution is 7.91. The maximum atomic E-state index is 13.0. The lowest BCUT2D eigenvalue weighted by atomic mass is 9.95. The molecule has 1 aliphatic rings. The summed E-state index contributed by atoms with van der Waals surface area (Å²) in [6, 6.07) is 8.61. The molecule has 0 amide bonds. The van der Waals surface area contributed by atoms with Gasteiger partial charge in [0.15, 0.2) is 5.60 Å². The van der Waals surface area contributed by atoms with E-state index in [1.807, 2.05) is 4.90 Å². The van der Waals surface area contributed by atoms with E-state index in [-0.39, 0.29) is 22.9 Å². The molecule has 28 heavy (non-hydrogen) atoms. The maximum absolute atomic E-state index is 13.0. The molecule has 1 saturated heterocycles. The number of halogens is 3. The molecule has 0 saturated carbocycles. The molecule has 3 rings (SSSR count). The molecule has 1 aromatic carbocycles. The van der Waals surface area contributed by atoms with Gasteiger partial charge in [-0.05, 0) is 36.1 Å². The second-order valence-corrected chi connectivity index (χ2v) is 10.3. The third-order valence-electron chi connectivity index (χ3n) is 4.72. The molecule has 0 bridgehead atoms. The minimum atomic E-state index is -4.79. The van der Waals surface area contributed by atoms with Gasteiger partial charge in [-0.3, -0.25) is 0 Å². The van der Waals surface area contributed by atoms with E-state index in [0.717, 1.165) is 11.3 Å². The van der Waals surface area contributed by atoms with E-state index < -0.39 is 27.2 Å². The normalized spacial score (nSPS) is 21.5. The molecule has 11 heteroatoms. The summed E-state index contributed by atoms with van der Waals surface area (Å²) in [5.74, 6) is 0. The zero-order valence-corrected chi connectivity index (χ0v) is 17.3. The molecular formula is C17H19F3N2O3S3.